The number of rotatable bonds is 4. The number of carbonyl (C=O) groups is 1. The van der Waals surface area contributed by atoms with E-state index in [0.29, 0.717) is 30.8 Å². The van der Waals surface area contributed by atoms with Crippen molar-refractivity contribution in [2.75, 3.05) is 13.1 Å². The lowest BCUT2D eigenvalue weighted by Gasteiger charge is -2.49. The Morgan fingerprint density at radius 1 is 1.53 bits per heavy atom. The molecule has 4 nitrogen and oxygen atoms in total. The molecule has 0 aromatic heterocycles. The van der Waals surface area contributed by atoms with Crippen LogP contribution in [0.3, 0.4) is 0 Å². The summed E-state index contributed by atoms with van der Waals surface area (Å²) in [5.41, 5.74) is 5.23. The molecule has 104 valence electrons. The maximum absolute atomic E-state index is 13.7. The molecule has 3 N–H and O–H groups in total. The molecule has 5 heteroatoms. The van der Waals surface area contributed by atoms with Gasteiger partial charge in [-0.2, -0.15) is 0 Å². The number of primary amides is 1. The quantitative estimate of drug-likeness (QED) is 0.858. The molecule has 0 unspecified atom stereocenters. The van der Waals surface area contributed by atoms with E-state index >= 15 is 0 Å². The zero-order chi connectivity index (χ0) is 14.2. The molecule has 1 aliphatic heterocycles. The van der Waals surface area contributed by atoms with Crippen LogP contribution in [-0.4, -0.2) is 34.6 Å². The van der Waals surface area contributed by atoms with Crippen LogP contribution in [0.25, 0.3) is 0 Å². The summed E-state index contributed by atoms with van der Waals surface area (Å²) in [7, 11) is 0. The molecule has 0 saturated carbocycles. The fourth-order valence-electron chi connectivity index (χ4n) is 2.30. The van der Waals surface area contributed by atoms with E-state index in [9.17, 15) is 14.3 Å². The van der Waals surface area contributed by atoms with E-state index in [4.69, 9.17) is 5.73 Å². The maximum atomic E-state index is 13.7. The van der Waals surface area contributed by atoms with Crippen molar-refractivity contribution in [1.29, 1.82) is 0 Å². The molecule has 0 bridgehead atoms. The van der Waals surface area contributed by atoms with Crippen LogP contribution in [0.15, 0.2) is 18.2 Å². The van der Waals surface area contributed by atoms with Crippen molar-refractivity contribution >= 4 is 5.91 Å². The average molecular weight is 266 g/mol. The molecule has 19 heavy (non-hydrogen) atoms. The van der Waals surface area contributed by atoms with E-state index in [1.807, 2.05) is 18.7 Å². The molecule has 0 spiro atoms. The lowest BCUT2D eigenvalue weighted by atomic mass is 9.83. The van der Waals surface area contributed by atoms with Gasteiger partial charge in [-0.15, -0.1) is 0 Å². The number of benzene rings is 1. The molecular formula is C14H19FN2O2. The van der Waals surface area contributed by atoms with Crippen LogP contribution in [0.5, 0.6) is 0 Å². The number of carbonyl (C=O) groups excluding carboxylic acids is 1. The Morgan fingerprint density at radius 3 is 2.68 bits per heavy atom. The SMILES string of the molecule is CC(C)C1(O)CN(Cc2cc(C(N)=O)ccc2F)C1. The Kier molecular flexibility index (Phi) is 3.60. The summed E-state index contributed by atoms with van der Waals surface area (Å²) in [6, 6.07) is 4.11. The van der Waals surface area contributed by atoms with Gasteiger partial charge in [0.25, 0.3) is 0 Å². The second-order valence-electron chi connectivity index (χ2n) is 5.57. The monoisotopic (exact) mass is 266 g/mol. The van der Waals surface area contributed by atoms with Crippen LogP contribution >= 0.6 is 0 Å². The van der Waals surface area contributed by atoms with Crippen molar-refractivity contribution in [3.8, 4) is 0 Å². The summed E-state index contributed by atoms with van der Waals surface area (Å²) in [6.45, 7) is 5.34. The average Bonchev–Trinajstić information content (AvgIpc) is 2.28. The second-order valence-corrected chi connectivity index (χ2v) is 5.57. The summed E-state index contributed by atoms with van der Waals surface area (Å²) in [5.74, 6) is -0.751. The normalized spacial score (nSPS) is 18.4. The van der Waals surface area contributed by atoms with Crippen molar-refractivity contribution in [3.63, 3.8) is 0 Å². The van der Waals surface area contributed by atoms with Crippen LogP contribution in [0.2, 0.25) is 0 Å². The maximum Gasteiger partial charge on any atom is 0.248 e. The number of halogens is 1. The van der Waals surface area contributed by atoms with Gasteiger partial charge in [0.2, 0.25) is 5.91 Å². The van der Waals surface area contributed by atoms with Crippen LogP contribution in [0.4, 0.5) is 4.39 Å². The van der Waals surface area contributed by atoms with E-state index in [0.717, 1.165) is 0 Å². The lowest BCUT2D eigenvalue weighted by Crippen LogP contribution is -2.63. The van der Waals surface area contributed by atoms with Gasteiger partial charge in [0.15, 0.2) is 0 Å². The Bertz CT molecular complexity index is 496. The van der Waals surface area contributed by atoms with E-state index < -0.39 is 11.5 Å². The largest absolute Gasteiger partial charge is 0.387 e. The molecule has 2 rings (SSSR count). The van der Waals surface area contributed by atoms with E-state index in [-0.39, 0.29) is 11.7 Å². The highest BCUT2D eigenvalue weighted by molar-refractivity contribution is 5.92. The Morgan fingerprint density at radius 2 is 2.16 bits per heavy atom. The smallest absolute Gasteiger partial charge is 0.248 e. The number of amides is 1. The van der Waals surface area contributed by atoms with Gasteiger partial charge in [-0.3, -0.25) is 9.69 Å². The van der Waals surface area contributed by atoms with Crippen molar-refractivity contribution in [3.05, 3.63) is 35.1 Å². The topological polar surface area (TPSA) is 66.6 Å². The predicted octanol–water partition coefficient (Wildman–Crippen LogP) is 1.13. The standard InChI is InChI=1S/C14H19FN2O2/c1-9(2)14(19)7-17(8-14)6-11-5-10(13(16)18)3-4-12(11)15/h3-5,9,19H,6-8H2,1-2H3,(H2,16,18). The van der Waals surface area contributed by atoms with Crippen molar-refractivity contribution in [2.24, 2.45) is 11.7 Å². The summed E-state index contributed by atoms with van der Waals surface area (Å²) in [4.78, 5) is 13.0. The third-order valence-electron chi connectivity index (χ3n) is 3.79. The van der Waals surface area contributed by atoms with Crippen molar-refractivity contribution in [2.45, 2.75) is 26.0 Å². The molecule has 0 aliphatic carbocycles. The number of likely N-dealkylation sites (tertiary alicyclic amines) is 1. The fraction of sp³-hybridized carbons (Fsp3) is 0.500. The molecule has 0 atom stereocenters. The molecule has 1 aliphatic rings. The van der Waals surface area contributed by atoms with Crippen LogP contribution in [-0.2, 0) is 6.54 Å². The molecule has 1 aromatic carbocycles. The minimum Gasteiger partial charge on any atom is -0.387 e. The minimum atomic E-state index is -0.683. The Hall–Kier alpha value is -1.46. The zero-order valence-corrected chi connectivity index (χ0v) is 11.2. The number of hydrogen-bond acceptors (Lipinski definition) is 3. The van der Waals surface area contributed by atoms with Gasteiger partial charge in [0.1, 0.15) is 5.82 Å². The van der Waals surface area contributed by atoms with E-state index in [1.165, 1.54) is 18.2 Å². The predicted molar refractivity (Wildman–Crippen MR) is 70.0 cm³/mol. The van der Waals surface area contributed by atoms with Crippen molar-refractivity contribution in [1.82, 2.24) is 4.90 Å². The summed E-state index contributed by atoms with van der Waals surface area (Å²) >= 11 is 0. The molecule has 0 radical (unpaired) electrons. The van der Waals surface area contributed by atoms with Gasteiger partial charge in [0, 0.05) is 30.8 Å². The number of nitrogens with two attached hydrogens (primary N) is 1. The summed E-state index contributed by atoms with van der Waals surface area (Å²) in [6.07, 6.45) is 0. The molecule has 1 saturated heterocycles. The highest BCUT2D eigenvalue weighted by Gasteiger charge is 2.43. The van der Waals surface area contributed by atoms with Crippen molar-refractivity contribution < 1.29 is 14.3 Å². The number of β-amino-alcohol motifs (C(OH)–C–C–N with tert-alkyl or cyclic N) is 1. The van der Waals surface area contributed by atoms with E-state index in [2.05, 4.69) is 0 Å². The molecular weight excluding hydrogens is 247 g/mol. The third kappa shape index (κ3) is 2.77. The van der Waals surface area contributed by atoms with Gasteiger partial charge in [-0.25, -0.2) is 4.39 Å². The number of nitrogens with zero attached hydrogens (tertiary/aromatic N) is 1. The van der Waals surface area contributed by atoms with Gasteiger partial charge in [-0.05, 0) is 24.1 Å². The third-order valence-corrected chi connectivity index (χ3v) is 3.79. The summed E-state index contributed by atoms with van der Waals surface area (Å²) in [5, 5.41) is 10.1. The van der Waals surface area contributed by atoms with Crippen LogP contribution < -0.4 is 5.73 Å². The fourth-order valence-corrected chi connectivity index (χ4v) is 2.30. The van der Waals surface area contributed by atoms with E-state index in [1.54, 1.807) is 0 Å². The highest BCUT2D eigenvalue weighted by Crippen LogP contribution is 2.30. The Labute approximate surface area is 112 Å². The highest BCUT2D eigenvalue weighted by atomic mass is 19.1. The minimum absolute atomic E-state index is 0.172. The molecule has 1 amide bonds. The molecule has 1 aromatic rings. The number of aliphatic hydroxyl groups is 1. The number of hydrogen-bond donors (Lipinski definition) is 2. The first-order chi connectivity index (χ1) is 8.82. The Balaban J connectivity index is 2.05. The second kappa shape index (κ2) is 4.90. The van der Waals surface area contributed by atoms with Gasteiger partial charge < -0.3 is 10.8 Å². The first-order valence-corrected chi connectivity index (χ1v) is 6.35. The van der Waals surface area contributed by atoms with Crippen LogP contribution in [0.1, 0.15) is 29.8 Å². The zero-order valence-electron chi connectivity index (χ0n) is 11.2. The first-order valence-electron chi connectivity index (χ1n) is 6.35. The molecule has 1 heterocycles. The molecule has 1 fully saturated rings. The summed E-state index contributed by atoms with van der Waals surface area (Å²) < 4.78 is 13.7. The van der Waals surface area contributed by atoms with Crippen LogP contribution in [0, 0.1) is 11.7 Å². The van der Waals surface area contributed by atoms with Gasteiger partial charge in [-0.1, -0.05) is 13.8 Å². The lowest BCUT2D eigenvalue weighted by molar-refractivity contribution is -0.131. The van der Waals surface area contributed by atoms with Gasteiger partial charge >= 0.3 is 0 Å². The first kappa shape index (κ1) is 14.0. The van der Waals surface area contributed by atoms with Gasteiger partial charge in [0.05, 0.1) is 5.60 Å².